The van der Waals surface area contributed by atoms with Crippen LogP contribution in [0.3, 0.4) is 0 Å². The summed E-state index contributed by atoms with van der Waals surface area (Å²) in [7, 11) is 1.63. The van der Waals surface area contributed by atoms with Gasteiger partial charge < -0.3 is 19.5 Å². The molecule has 0 bridgehead atoms. The topological polar surface area (TPSA) is 76.5 Å². The van der Waals surface area contributed by atoms with Crippen LogP contribution in [0.1, 0.15) is 64.5 Å². The number of benzene rings is 1. The quantitative estimate of drug-likeness (QED) is 0.843. The van der Waals surface area contributed by atoms with Gasteiger partial charge >= 0.3 is 0 Å². The van der Waals surface area contributed by atoms with Crippen LogP contribution in [-0.4, -0.2) is 46.5 Å². The highest BCUT2D eigenvalue weighted by Gasteiger charge is 2.30. The van der Waals surface area contributed by atoms with Gasteiger partial charge in [0.2, 0.25) is 0 Å². The molecule has 0 aliphatic carbocycles. The summed E-state index contributed by atoms with van der Waals surface area (Å²) in [6, 6.07) is 7.59. The smallest absolute Gasteiger partial charge is 0.289 e. The molecule has 2 aliphatic rings. The van der Waals surface area contributed by atoms with Crippen LogP contribution in [0.15, 0.2) is 24.3 Å². The van der Waals surface area contributed by atoms with Gasteiger partial charge in [0.05, 0.1) is 12.8 Å². The Morgan fingerprint density at radius 3 is 2.48 bits per heavy atom. The van der Waals surface area contributed by atoms with Crippen LogP contribution in [-0.2, 0) is 19.5 Å². The fourth-order valence-electron chi connectivity index (χ4n) is 4.14. The molecule has 0 spiro atoms. The van der Waals surface area contributed by atoms with Crippen LogP contribution in [0.25, 0.3) is 0 Å². The molecule has 29 heavy (non-hydrogen) atoms. The molecule has 4 rings (SSSR count). The summed E-state index contributed by atoms with van der Waals surface area (Å²) >= 11 is 0. The summed E-state index contributed by atoms with van der Waals surface area (Å²) in [6.07, 6.45) is 6.05. The highest BCUT2D eigenvalue weighted by Crippen LogP contribution is 2.23. The van der Waals surface area contributed by atoms with Crippen molar-refractivity contribution in [3.63, 3.8) is 0 Å². The highest BCUT2D eigenvalue weighted by molar-refractivity contribution is 5.97. The van der Waals surface area contributed by atoms with Gasteiger partial charge in [0.25, 0.3) is 11.8 Å². The van der Waals surface area contributed by atoms with Crippen LogP contribution < -0.4 is 10.1 Å². The maximum atomic E-state index is 13.0. The Morgan fingerprint density at radius 1 is 1.03 bits per heavy atom. The number of nitrogens with zero attached hydrogens (tertiary/aromatic N) is 3. The van der Waals surface area contributed by atoms with Crippen LogP contribution in [0, 0.1) is 0 Å². The highest BCUT2D eigenvalue weighted by atomic mass is 16.5. The van der Waals surface area contributed by atoms with Gasteiger partial charge in [-0.2, -0.15) is 0 Å². The number of hydrogen-bond acceptors (Lipinski definition) is 4. The fourth-order valence-corrected chi connectivity index (χ4v) is 4.14. The molecular weight excluding hydrogens is 368 g/mol. The number of nitrogens with one attached hydrogen (secondary N) is 1. The van der Waals surface area contributed by atoms with E-state index >= 15 is 0 Å². The van der Waals surface area contributed by atoms with Crippen molar-refractivity contribution in [3.05, 3.63) is 47.0 Å². The molecule has 1 saturated heterocycles. The van der Waals surface area contributed by atoms with E-state index in [2.05, 4.69) is 10.3 Å². The molecule has 0 saturated carbocycles. The Balaban J connectivity index is 1.52. The van der Waals surface area contributed by atoms with Crippen LogP contribution in [0.2, 0.25) is 0 Å². The van der Waals surface area contributed by atoms with Gasteiger partial charge in [0.15, 0.2) is 5.82 Å². The zero-order valence-corrected chi connectivity index (χ0v) is 16.9. The number of amides is 2. The third-order valence-electron chi connectivity index (χ3n) is 5.78. The molecule has 3 heterocycles. The van der Waals surface area contributed by atoms with Crippen molar-refractivity contribution in [1.82, 2.24) is 19.8 Å². The lowest BCUT2D eigenvalue weighted by atomic mass is 10.1. The number of aromatic nitrogens is 2. The molecular formula is C22H28N4O3. The Bertz CT molecular complexity index is 882. The fraction of sp³-hybridized carbons (Fsp3) is 0.500. The van der Waals surface area contributed by atoms with Crippen molar-refractivity contribution in [2.45, 2.75) is 51.6 Å². The molecule has 0 radical (unpaired) electrons. The van der Waals surface area contributed by atoms with E-state index in [1.165, 1.54) is 6.42 Å². The maximum absolute atomic E-state index is 13.0. The predicted octanol–water partition coefficient (Wildman–Crippen LogP) is 2.78. The number of ether oxygens (including phenoxy) is 1. The lowest BCUT2D eigenvalue weighted by Crippen LogP contribution is -2.37. The van der Waals surface area contributed by atoms with Crippen LogP contribution >= 0.6 is 0 Å². The second kappa shape index (κ2) is 8.68. The minimum atomic E-state index is -0.218. The van der Waals surface area contributed by atoms with Crippen molar-refractivity contribution in [2.24, 2.45) is 0 Å². The molecule has 1 fully saturated rings. The van der Waals surface area contributed by atoms with Gasteiger partial charge in [0.1, 0.15) is 11.4 Å². The molecule has 2 amide bonds. The first kappa shape index (κ1) is 19.5. The maximum Gasteiger partial charge on any atom is 0.289 e. The molecule has 7 heteroatoms. The average Bonchev–Trinajstić information content (AvgIpc) is 3.18. The second-order valence-corrected chi connectivity index (χ2v) is 7.72. The first-order valence-corrected chi connectivity index (χ1v) is 10.5. The van der Waals surface area contributed by atoms with E-state index in [9.17, 15) is 9.59 Å². The Kier molecular flexibility index (Phi) is 5.83. The first-order valence-electron chi connectivity index (χ1n) is 10.5. The normalized spacial score (nSPS) is 16.2. The summed E-state index contributed by atoms with van der Waals surface area (Å²) in [4.78, 5) is 32.4. The lowest BCUT2D eigenvalue weighted by Gasteiger charge is -2.27. The van der Waals surface area contributed by atoms with Crippen molar-refractivity contribution in [2.75, 3.05) is 20.2 Å². The first-order chi connectivity index (χ1) is 14.2. The van der Waals surface area contributed by atoms with Crippen molar-refractivity contribution in [1.29, 1.82) is 0 Å². The largest absolute Gasteiger partial charge is 0.497 e. The van der Waals surface area contributed by atoms with E-state index in [0.717, 1.165) is 68.7 Å². The number of rotatable bonds is 5. The van der Waals surface area contributed by atoms with Crippen LogP contribution in [0.4, 0.5) is 0 Å². The lowest BCUT2D eigenvalue weighted by molar-refractivity contribution is 0.0705. The monoisotopic (exact) mass is 396 g/mol. The van der Waals surface area contributed by atoms with E-state index in [-0.39, 0.29) is 11.8 Å². The molecule has 1 aromatic carbocycles. The van der Waals surface area contributed by atoms with Gasteiger partial charge in [-0.15, -0.1) is 0 Å². The van der Waals surface area contributed by atoms with Gasteiger partial charge in [-0.25, -0.2) is 4.98 Å². The van der Waals surface area contributed by atoms with Gasteiger partial charge in [-0.1, -0.05) is 12.1 Å². The summed E-state index contributed by atoms with van der Waals surface area (Å²) < 4.78 is 7.14. The third kappa shape index (κ3) is 4.13. The third-order valence-corrected chi connectivity index (χ3v) is 5.78. The van der Waals surface area contributed by atoms with E-state index in [0.29, 0.717) is 18.1 Å². The van der Waals surface area contributed by atoms with Gasteiger partial charge in [-0.3, -0.25) is 9.59 Å². The minimum Gasteiger partial charge on any atom is -0.497 e. The van der Waals surface area contributed by atoms with E-state index in [4.69, 9.17) is 4.74 Å². The number of carbonyl (C=O) groups is 2. The molecule has 7 nitrogen and oxygen atoms in total. The van der Waals surface area contributed by atoms with Gasteiger partial charge in [0, 0.05) is 26.2 Å². The zero-order chi connectivity index (χ0) is 20.2. The summed E-state index contributed by atoms with van der Waals surface area (Å²) in [5.41, 5.74) is 2.28. The Morgan fingerprint density at radius 2 is 1.76 bits per heavy atom. The molecule has 154 valence electrons. The number of likely N-dealkylation sites (tertiary alicyclic amines) is 1. The van der Waals surface area contributed by atoms with Gasteiger partial charge in [-0.05, 0) is 56.2 Å². The number of hydrogen-bond donors (Lipinski definition) is 1. The van der Waals surface area contributed by atoms with E-state index < -0.39 is 0 Å². The number of imidazole rings is 1. The Hall–Kier alpha value is -2.83. The standard InChI is InChI=1S/C22H28N4O3/c1-29-17-10-8-16(9-11-17)15-23-21(27)19-18-7-3-6-14-26(18)20(24-19)22(28)25-12-4-2-5-13-25/h8-11H,2-7,12-15H2,1H3,(H,23,27). The number of fused-ring (bicyclic) bond motifs is 1. The second-order valence-electron chi connectivity index (χ2n) is 7.72. The summed E-state index contributed by atoms with van der Waals surface area (Å²) in [5, 5.41) is 2.95. The molecule has 0 atom stereocenters. The minimum absolute atomic E-state index is 0.0398. The molecule has 0 unspecified atom stereocenters. The van der Waals surface area contributed by atoms with Crippen molar-refractivity contribution < 1.29 is 14.3 Å². The predicted molar refractivity (Wildman–Crippen MR) is 109 cm³/mol. The molecule has 2 aliphatic heterocycles. The Labute approximate surface area is 171 Å². The number of carbonyl (C=O) groups excluding carboxylic acids is 2. The summed E-state index contributed by atoms with van der Waals surface area (Å²) in [5.74, 6) is 0.950. The number of methoxy groups -OCH3 is 1. The van der Waals surface area contributed by atoms with Crippen molar-refractivity contribution in [3.8, 4) is 5.75 Å². The molecule has 2 aromatic rings. The van der Waals surface area contributed by atoms with E-state index in [1.807, 2.05) is 33.7 Å². The van der Waals surface area contributed by atoms with Crippen LogP contribution in [0.5, 0.6) is 5.75 Å². The summed E-state index contributed by atoms with van der Waals surface area (Å²) in [6.45, 7) is 2.72. The average molecular weight is 396 g/mol. The van der Waals surface area contributed by atoms with E-state index in [1.54, 1.807) is 7.11 Å². The zero-order valence-electron chi connectivity index (χ0n) is 16.9. The van der Waals surface area contributed by atoms with Crippen molar-refractivity contribution >= 4 is 11.8 Å². The SMILES string of the molecule is COc1ccc(CNC(=O)c2nc(C(=O)N3CCCCC3)n3c2CCCC3)cc1. The molecule has 1 aromatic heterocycles. The number of piperidine rings is 1. The molecule has 1 N–H and O–H groups in total.